The van der Waals surface area contributed by atoms with E-state index in [1.807, 2.05) is 0 Å². The summed E-state index contributed by atoms with van der Waals surface area (Å²) in [5.74, 6) is -4.80. The Bertz CT molecular complexity index is 1070. The number of carboxylic acids is 2. The summed E-state index contributed by atoms with van der Waals surface area (Å²) in [6, 6.07) is 3.94. The van der Waals surface area contributed by atoms with Crippen molar-refractivity contribution in [3.05, 3.63) is 54.1 Å². The van der Waals surface area contributed by atoms with Gasteiger partial charge in [0, 0.05) is 36.9 Å². The summed E-state index contributed by atoms with van der Waals surface area (Å²) < 4.78 is 0. The molecule has 4 atom stereocenters. The second kappa shape index (κ2) is 14.6. The van der Waals surface area contributed by atoms with Crippen molar-refractivity contribution in [3.8, 4) is 0 Å². The van der Waals surface area contributed by atoms with E-state index in [2.05, 4.69) is 38.5 Å². The number of carbonyl (C=O) groups is 5. The van der Waals surface area contributed by atoms with E-state index in [1.165, 1.54) is 12.5 Å². The fraction of sp³-hybridized carbons (Fsp3) is 0.391. The Balaban J connectivity index is 2.23. The Kier molecular flexibility index (Phi) is 11.6. The largest absolute Gasteiger partial charge is 0.481 e. The van der Waals surface area contributed by atoms with Gasteiger partial charge in [-0.2, -0.15) is 12.6 Å². The number of carbonyl (C=O) groups excluding carboxylic acids is 3. The van der Waals surface area contributed by atoms with E-state index >= 15 is 0 Å². The average molecular weight is 535 g/mol. The molecule has 0 aliphatic rings. The summed E-state index contributed by atoms with van der Waals surface area (Å²) in [6.45, 7) is 0. The number of benzene rings is 1. The van der Waals surface area contributed by atoms with Crippen LogP contribution in [-0.2, 0) is 36.8 Å². The lowest BCUT2D eigenvalue weighted by molar-refractivity contribution is -0.141. The molecule has 0 fully saturated rings. The van der Waals surface area contributed by atoms with Gasteiger partial charge in [-0.05, 0) is 12.0 Å². The molecule has 37 heavy (non-hydrogen) atoms. The molecule has 1 aromatic heterocycles. The van der Waals surface area contributed by atoms with Gasteiger partial charge in [-0.1, -0.05) is 30.3 Å². The van der Waals surface area contributed by atoms with Crippen LogP contribution in [0.3, 0.4) is 0 Å². The molecule has 14 heteroatoms. The third-order valence-electron chi connectivity index (χ3n) is 5.33. The highest BCUT2D eigenvalue weighted by Gasteiger charge is 2.30. The van der Waals surface area contributed by atoms with Gasteiger partial charge in [0.25, 0.3) is 0 Å². The number of nitrogens with zero attached hydrogens (tertiary/aromatic N) is 1. The molecule has 2 aromatic rings. The van der Waals surface area contributed by atoms with Crippen molar-refractivity contribution in [1.82, 2.24) is 25.9 Å². The van der Waals surface area contributed by atoms with Crippen molar-refractivity contribution in [2.45, 2.75) is 49.9 Å². The van der Waals surface area contributed by atoms with Crippen LogP contribution in [0.25, 0.3) is 0 Å². The molecule has 8 N–H and O–H groups in total. The number of carboxylic acid groups (broad SMARTS) is 2. The SMILES string of the molecule is NC(CCC(=O)O)C(=O)NC(Cc1ccccc1)C(=O)NC(Cc1cnc[nH]1)C(=O)NC(CS)C(=O)O. The zero-order chi connectivity index (χ0) is 27.4. The first-order chi connectivity index (χ1) is 17.6. The maximum Gasteiger partial charge on any atom is 0.327 e. The Labute approximate surface area is 218 Å². The van der Waals surface area contributed by atoms with Gasteiger partial charge in [0.15, 0.2) is 0 Å². The molecule has 13 nitrogen and oxygen atoms in total. The topological polar surface area (TPSA) is 217 Å². The molecule has 0 saturated carbocycles. The van der Waals surface area contributed by atoms with Crippen LogP contribution in [-0.4, -0.2) is 79.8 Å². The summed E-state index contributed by atoms with van der Waals surface area (Å²) in [5, 5.41) is 25.5. The molecule has 1 aromatic carbocycles. The minimum absolute atomic E-state index is 0.0411. The predicted molar refractivity (Wildman–Crippen MR) is 135 cm³/mol. The second-order valence-electron chi connectivity index (χ2n) is 8.21. The van der Waals surface area contributed by atoms with Crippen LogP contribution in [0.5, 0.6) is 0 Å². The first-order valence-electron chi connectivity index (χ1n) is 11.3. The molecule has 3 amide bonds. The van der Waals surface area contributed by atoms with E-state index in [1.54, 1.807) is 30.3 Å². The van der Waals surface area contributed by atoms with Gasteiger partial charge >= 0.3 is 11.9 Å². The summed E-state index contributed by atoms with van der Waals surface area (Å²) >= 11 is 3.94. The smallest absolute Gasteiger partial charge is 0.327 e. The molecular formula is C23H30N6O7S. The fourth-order valence-electron chi connectivity index (χ4n) is 3.30. The van der Waals surface area contributed by atoms with E-state index < -0.39 is 53.8 Å². The number of hydrogen-bond acceptors (Lipinski definition) is 8. The van der Waals surface area contributed by atoms with Gasteiger partial charge in [0.05, 0.1) is 12.4 Å². The molecule has 1 heterocycles. The number of thiol groups is 1. The Morgan fingerprint density at radius 1 is 0.919 bits per heavy atom. The van der Waals surface area contributed by atoms with Crippen molar-refractivity contribution in [1.29, 1.82) is 0 Å². The highest BCUT2D eigenvalue weighted by atomic mass is 32.1. The number of H-pyrrole nitrogens is 1. The number of nitrogens with one attached hydrogen (secondary N) is 4. The van der Waals surface area contributed by atoms with Crippen molar-refractivity contribution in [2.24, 2.45) is 5.73 Å². The minimum Gasteiger partial charge on any atom is -0.481 e. The Morgan fingerprint density at radius 3 is 2.05 bits per heavy atom. The minimum atomic E-state index is -1.29. The maximum absolute atomic E-state index is 13.3. The second-order valence-corrected chi connectivity index (χ2v) is 8.58. The van der Waals surface area contributed by atoms with Crippen LogP contribution in [0.2, 0.25) is 0 Å². The number of aliphatic carboxylic acids is 2. The third-order valence-corrected chi connectivity index (χ3v) is 5.70. The molecule has 4 unspecified atom stereocenters. The molecule has 0 aliphatic carbocycles. The van der Waals surface area contributed by atoms with Crippen molar-refractivity contribution >= 4 is 42.3 Å². The lowest BCUT2D eigenvalue weighted by Crippen LogP contribution is -2.58. The number of rotatable bonds is 15. The monoisotopic (exact) mass is 534 g/mol. The van der Waals surface area contributed by atoms with Crippen LogP contribution in [0.4, 0.5) is 0 Å². The molecule has 0 radical (unpaired) electrons. The highest BCUT2D eigenvalue weighted by Crippen LogP contribution is 2.07. The summed E-state index contributed by atoms with van der Waals surface area (Å²) in [6.07, 6.45) is 2.39. The molecular weight excluding hydrogens is 504 g/mol. The number of aromatic nitrogens is 2. The average Bonchev–Trinajstić information content (AvgIpc) is 3.38. The first-order valence-corrected chi connectivity index (χ1v) is 12.0. The van der Waals surface area contributed by atoms with Crippen LogP contribution in [0.15, 0.2) is 42.9 Å². The predicted octanol–water partition coefficient (Wildman–Crippen LogP) is -1.14. The van der Waals surface area contributed by atoms with E-state index in [0.717, 1.165) is 0 Å². The number of aromatic amines is 1. The van der Waals surface area contributed by atoms with Gasteiger partial charge < -0.3 is 36.9 Å². The van der Waals surface area contributed by atoms with Crippen LogP contribution in [0, 0.1) is 0 Å². The fourth-order valence-corrected chi connectivity index (χ4v) is 3.55. The normalized spacial score (nSPS) is 14.0. The Hall–Kier alpha value is -3.91. The zero-order valence-corrected chi connectivity index (χ0v) is 20.7. The number of amides is 3. The molecule has 0 bridgehead atoms. The number of hydrogen-bond donors (Lipinski definition) is 8. The number of nitrogens with two attached hydrogens (primary N) is 1. The van der Waals surface area contributed by atoms with Crippen molar-refractivity contribution in [2.75, 3.05) is 5.75 Å². The van der Waals surface area contributed by atoms with E-state index in [-0.39, 0.29) is 31.4 Å². The summed E-state index contributed by atoms with van der Waals surface area (Å²) in [7, 11) is 0. The van der Waals surface area contributed by atoms with Gasteiger partial charge in [0.2, 0.25) is 17.7 Å². The highest BCUT2D eigenvalue weighted by molar-refractivity contribution is 7.80. The summed E-state index contributed by atoms with van der Waals surface area (Å²) in [4.78, 5) is 67.7. The van der Waals surface area contributed by atoms with Gasteiger partial charge in [-0.25, -0.2) is 9.78 Å². The third kappa shape index (κ3) is 9.93. The zero-order valence-electron chi connectivity index (χ0n) is 19.8. The molecule has 0 aliphatic heterocycles. The van der Waals surface area contributed by atoms with Gasteiger partial charge in [0.1, 0.15) is 18.1 Å². The van der Waals surface area contributed by atoms with E-state index in [4.69, 9.17) is 10.8 Å². The number of imidazole rings is 1. The molecule has 0 spiro atoms. The lowest BCUT2D eigenvalue weighted by Gasteiger charge is -2.25. The lowest BCUT2D eigenvalue weighted by atomic mass is 10.0. The molecule has 0 saturated heterocycles. The van der Waals surface area contributed by atoms with Gasteiger partial charge in [-0.3, -0.25) is 19.2 Å². The van der Waals surface area contributed by atoms with Crippen molar-refractivity contribution in [3.63, 3.8) is 0 Å². The van der Waals surface area contributed by atoms with Crippen LogP contribution >= 0.6 is 12.6 Å². The van der Waals surface area contributed by atoms with Crippen LogP contribution < -0.4 is 21.7 Å². The maximum atomic E-state index is 13.3. The molecule has 2 rings (SSSR count). The quantitative estimate of drug-likeness (QED) is 0.129. The Morgan fingerprint density at radius 2 is 1.51 bits per heavy atom. The molecule has 200 valence electrons. The van der Waals surface area contributed by atoms with E-state index in [0.29, 0.717) is 11.3 Å². The van der Waals surface area contributed by atoms with E-state index in [9.17, 15) is 29.1 Å². The first kappa shape index (κ1) is 29.3. The van der Waals surface area contributed by atoms with Crippen molar-refractivity contribution < 1.29 is 34.2 Å². The van der Waals surface area contributed by atoms with Crippen LogP contribution in [0.1, 0.15) is 24.1 Å². The summed E-state index contributed by atoms with van der Waals surface area (Å²) in [5.41, 5.74) is 7.00. The van der Waals surface area contributed by atoms with Gasteiger partial charge in [-0.15, -0.1) is 0 Å². The standard InChI is InChI=1S/C23H30N6O7S/c24-15(6-7-19(30)31)20(32)27-16(8-13-4-2-1-3-5-13)21(33)28-17(9-14-10-25-12-26-14)22(34)29-18(11-37)23(35)36/h1-5,10,12,15-18,37H,6-9,11,24H2,(H,25,26)(H,27,32)(H,28,33)(H,29,34)(H,30,31)(H,35,36).